The van der Waals surface area contributed by atoms with Crippen molar-refractivity contribution < 1.29 is 33.8 Å². The third-order valence-electron chi connectivity index (χ3n) is 4.04. The highest BCUT2D eigenvalue weighted by atomic mass is 16.7. The van der Waals surface area contributed by atoms with Crippen molar-refractivity contribution in [2.75, 3.05) is 6.79 Å². The number of carbonyl (C=O) groups excluding carboxylic acids is 3. The van der Waals surface area contributed by atoms with Gasteiger partial charge in [0, 0.05) is 13.3 Å². The van der Waals surface area contributed by atoms with Crippen LogP contribution in [0.2, 0.25) is 0 Å². The molecule has 2 N–H and O–H groups in total. The van der Waals surface area contributed by atoms with Crippen LogP contribution < -0.4 is 5.32 Å². The summed E-state index contributed by atoms with van der Waals surface area (Å²) in [5.74, 6) is -3.29. The van der Waals surface area contributed by atoms with Gasteiger partial charge < -0.3 is 19.9 Å². The number of amides is 1. The van der Waals surface area contributed by atoms with Gasteiger partial charge in [0.15, 0.2) is 0 Å². The Kier molecular flexibility index (Phi) is 9.31. The molecule has 0 heterocycles. The minimum atomic E-state index is -1.40. The molecule has 0 rings (SSSR count). The van der Waals surface area contributed by atoms with Crippen LogP contribution in [0.4, 0.5) is 0 Å². The molecular formula is C18H31NO7. The highest BCUT2D eigenvalue weighted by molar-refractivity contribution is 5.87. The lowest BCUT2D eigenvalue weighted by Gasteiger charge is -2.34. The number of hydrogen-bond acceptors (Lipinski definition) is 6. The molecule has 26 heavy (non-hydrogen) atoms. The van der Waals surface area contributed by atoms with Gasteiger partial charge in [-0.25, -0.2) is 4.79 Å². The fourth-order valence-electron chi connectivity index (χ4n) is 2.77. The Labute approximate surface area is 154 Å². The van der Waals surface area contributed by atoms with E-state index in [0.29, 0.717) is 0 Å². The first-order chi connectivity index (χ1) is 11.8. The lowest BCUT2D eigenvalue weighted by Crippen LogP contribution is -2.44. The maximum atomic E-state index is 12.2. The third-order valence-corrected chi connectivity index (χ3v) is 4.04. The zero-order valence-electron chi connectivity index (χ0n) is 16.5. The van der Waals surface area contributed by atoms with E-state index in [0.717, 1.165) is 19.8 Å². The maximum absolute atomic E-state index is 12.2. The van der Waals surface area contributed by atoms with Gasteiger partial charge in [0.2, 0.25) is 12.7 Å². The molecule has 0 aromatic rings. The van der Waals surface area contributed by atoms with E-state index in [-0.39, 0.29) is 17.3 Å². The van der Waals surface area contributed by atoms with Gasteiger partial charge in [-0.05, 0) is 17.3 Å². The molecule has 0 aromatic carbocycles. The van der Waals surface area contributed by atoms with E-state index < -0.39 is 43.1 Å². The van der Waals surface area contributed by atoms with E-state index in [4.69, 9.17) is 0 Å². The molecule has 0 aromatic heterocycles. The summed E-state index contributed by atoms with van der Waals surface area (Å²) < 4.78 is 9.04. The van der Waals surface area contributed by atoms with Gasteiger partial charge in [-0.1, -0.05) is 41.0 Å². The number of carboxylic acid groups (broad SMARTS) is 1. The molecule has 8 heteroatoms. The van der Waals surface area contributed by atoms with Gasteiger partial charge in [0.1, 0.15) is 6.04 Å². The lowest BCUT2D eigenvalue weighted by atomic mass is 9.72. The van der Waals surface area contributed by atoms with Crippen LogP contribution in [-0.4, -0.2) is 41.8 Å². The lowest BCUT2D eigenvalue weighted by molar-refractivity contribution is -0.167. The fourth-order valence-corrected chi connectivity index (χ4v) is 2.77. The van der Waals surface area contributed by atoms with E-state index in [1.54, 1.807) is 0 Å². The first kappa shape index (κ1) is 23.9. The average Bonchev–Trinajstić information content (AvgIpc) is 2.44. The summed E-state index contributed by atoms with van der Waals surface area (Å²) in [6.07, 6.45) is 1.35. The second kappa shape index (κ2) is 10.1. The standard InChI is InChI=1S/C18H31NO7/c1-7-17(3,4)10-18(5,6)9-14(21)19-13(16(23)24)8-15(22)26-11-25-12(2)20/h13H,7-11H2,1-6H3,(H,19,21)(H,23,24). The molecule has 0 saturated heterocycles. The number of hydrogen-bond donors (Lipinski definition) is 2. The molecule has 8 nitrogen and oxygen atoms in total. The van der Waals surface area contributed by atoms with E-state index in [9.17, 15) is 24.3 Å². The Balaban J connectivity index is 4.65. The van der Waals surface area contributed by atoms with E-state index in [1.165, 1.54) is 0 Å². The third kappa shape index (κ3) is 10.7. The van der Waals surface area contributed by atoms with Crippen molar-refractivity contribution in [3.8, 4) is 0 Å². The van der Waals surface area contributed by atoms with Crippen molar-refractivity contribution in [3.05, 3.63) is 0 Å². The maximum Gasteiger partial charge on any atom is 0.326 e. The molecule has 1 amide bonds. The van der Waals surface area contributed by atoms with Crippen LogP contribution in [0, 0.1) is 10.8 Å². The number of carboxylic acids is 1. The molecule has 150 valence electrons. The highest BCUT2D eigenvalue weighted by Crippen LogP contribution is 2.38. The molecule has 0 fully saturated rings. The summed E-state index contributed by atoms with van der Waals surface area (Å²) in [7, 11) is 0. The molecule has 0 aliphatic carbocycles. The molecule has 1 unspecified atom stereocenters. The van der Waals surface area contributed by atoms with Crippen LogP contribution in [-0.2, 0) is 28.7 Å². The summed E-state index contributed by atoms with van der Waals surface area (Å²) in [4.78, 5) is 45.7. The molecule has 0 bridgehead atoms. The Hall–Kier alpha value is -2.12. The van der Waals surface area contributed by atoms with Crippen molar-refractivity contribution in [3.63, 3.8) is 0 Å². The van der Waals surface area contributed by atoms with Crippen LogP contribution in [0.1, 0.15) is 67.2 Å². The number of rotatable bonds is 11. The summed E-state index contributed by atoms with van der Waals surface area (Å²) >= 11 is 0. The summed E-state index contributed by atoms with van der Waals surface area (Å²) in [5, 5.41) is 11.6. The Morgan fingerprint density at radius 2 is 1.62 bits per heavy atom. The monoisotopic (exact) mass is 373 g/mol. The van der Waals surface area contributed by atoms with Crippen molar-refractivity contribution in [1.29, 1.82) is 0 Å². The van der Waals surface area contributed by atoms with Gasteiger partial charge >= 0.3 is 17.9 Å². The largest absolute Gasteiger partial charge is 0.480 e. The molecule has 0 aliphatic rings. The van der Waals surface area contributed by atoms with Crippen LogP contribution >= 0.6 is 0 Å². The second-order valence-electron chi connectivity index (χ2n) is 7.97. The smallest absolute Gasteiger partial charge is 0.326 e. The normalized spacial score (nSPS) is 12.8. The summed E-state index contributed by atoms with van der Waals surface area (Å²) in [5.41, 5.74) is -0.251. The zero-order chi connectivity index (χ0) is 20.5. The number of carbonyl (C=O) groups is 4. The van der Waals surface area contributed by atoms with E-state index in [2.05, 4.69) is 35.6 Å². The topological polar surface area (TPSA) is 119 Å². The Morgan fingerprint density at radius 3 is 2.08 bits per heavy atom. The number of nitrogens with one attached hydrogen (secondary N) is 1. The van der Waals surface area contributed by atoms with Crippen molar-refractivity contribution >= 4 is 23.8 Å². The molecule has 0 radical (unpaired) electrons. The van der Waals surface area contributed by atoms with Crippen molar-refractivity contribution in [1.82, 2.24) is 5.32 Å². The predicted molar refractivity (Wildman–Crippen MR) is 94.0 cm³/mol. The van der Waals surface area contributed by atoms with Crippen LogP contribution in [0.3, 0.4) is 0 Å². The van der Waals surface area contributed by atoms with Crippen LogP contribution in [0.5, 0.6) is 0 Å². The molecule has 0 saturated carbocycles. The number of ether oxygens (including phenoxy) is 2. The van der Waals surface area contributed by atoms with Gasteiger partial charge in [0.05, 0.1) is 6.42 Å². The number of aliphatic carboxylic acids is 1. The first-order valence-electron chi connectivity index (χ1n) is 8.59. The summed E-state index contributed by atoms with van der Waals surface area (Å²) in [6.45, 7) is 10.8. The van der Waals surface area contributed by atoms with Gasteiger partial charge in [-0.3, -0.25) is 14.4 Å². The van der Waals surface area contributed by atoms with Gasteiger partial charge in [0.25, 0.3) is 0 Å². The van der Waals surface area contributed by atoms with Gasteiger partial charge in [-0.15, -0.1) is 0 Å². The second-order valence-corrected chi connectivity index (χ2v) is 7.97. The highest BCUT2D eigenvalue weighted by Gasteiger charge is 2.31. The molecular weight excluding hydrogens is 342 g/mol. The molecule has 0 aliphatic heterocycles. The van der Waals surface area contributed by atoms with Gasteiger partial charge in [-0.2, -0.15) is 0 Å². The Bertz CT molecular complexity index is 526. The molecule has 1 atom stereocenters. The SMILES string of the molecule is CCC(C)(C)CC(C)(C)CC(=O)NC(CC(=O)OCOC(C)=O)C(=O)O. The van der Waals surface area contributed by atoms with Crippen LogP contribution in [0.15, 0.2) is 0 Å². The van der Waals surface area contributed by atoms with Crippen molar-refractivity contribution in [2.24, 2.45) is 10.8 Å². The predicted octanol–water partition coefficient (Wildman–Crippen LogP) is 2.25. The Morgan fingerprint density at radius 1 is 1.04 bits per heavy atom. The zero-order valence-corrected chi connectivity index (χ0v) is 16.5. The first-order valence-corrected chi connectivity index (χ1v) is 8.59. The number of esters is 2. The minimum absolute atomic E-state index is 0.0660. The fraction of sp³-hybridized carbons (Fsp3) is 0.778. The summed E-state index contributed by atoms with van der Waals surface area (Å²) in [6, 6.07) is -1.40. The van der Waals surface area contributed by atoms with Crippen LogP contribution in [0.25, 0.3) is 0 Å². The van der Waals surface area contributed by atoms with E-state index in [1.807, 2.05) is 13.8 Å². The molecule has 0 spiro atoms. The quantitative estimate of drug-likeness (QED) is 0.421. The minimum Gasteiger partial charge on any atom is -0.480 e. The van der Waals surface area contributed by atoms with Crippen molar-refractivity contribution in [2.45, 2.75) is 73.3 Å². The average molecular weight is 373 g/mol. The van der Waals surface area contributed by atoms with E-state index >= 15 is 0 Å².